The van der Waals surface area contributed by atoms with E-state index in [1.807, 2.05) is 6.07 Å². The van der Waals surface area contributed by atoms with Gasteiger partial charge in [-0.15, -0.1) is 0 Å². The Labute approximate surface area is 180 Å². The predicted molar refractivity (Wildman–Crippen MR) is 124 cm³/mol. The van der Waals surface area contributed by atoms with Crippen LogP contribution in [0.3, 0.4) is 0 Å². The zero-order valence-electron chi connectivity index (χ0n) is 18.4. The van der Waals surface area contributed by atoms with Crippen molar-refractivity contribution in [2.24, 2.45) is 0 Å². The largest absolute Gasteiger partial charge is 0.496 e. The fourth-order valence-electron chi connectivity index (χ4n) is 4.69. The standard InChI is InChI=1S/C26H33N3O/c1-4-27(5-2)22-15-13-21(14-16-22)20-29-19-9-18-28-17-8-11-24(28)26(29)23-10-6-7-12-25(23)30-3/h6-8,10-17,26H,4-5,9,18-20H2,1-3H3. The van der Waals surface area contributed by atoms with Crippen molar-refractivity contribution in [3.05, 3.63) is 83.7 Å². The van der Waals surface area contributed by atoms with Gasteiger partial charge in [0.05, 0.1) is 13.2 Å². The number of ether oxygens (including phenoxy) is 1. The Balaban J connectivity index is 1.67. The number of nitrogens with zero attached hydrogens (tertiary/aromatic N) is 3. The number of para-hydroxylation sites is 1. The van der Waals surface area contributed by atoms with Crippen LogP contribution in [0.4, 0.5) is 5.69 Å². The normalized spacial score (nSPS) is 16.7. The third-order valence-electron chi connectivity index (χ3n) is 6.24. The van der Waals surface area contributed by atoms with E-state index in [-0.39, 0.29) is 6.04 Å². The molecule has 0 saturated heterocycles. The monoisotopic (exact) mass is 403 g/mol. The number of hydrogen-bond acceptors (Lipinski definition) is 3. The minimum absolute atomic E-state index is 0.182. The van der Waals surface area contributed by atoms with Gasteiger partial charge in [-0.05, 0) is 56.2 Å². The van der Waals surface area contributed by atoms with Crippen LogP contribution in [-0.2, 0) is 13.1 Å². The molecule has 2 heterocycles. The van der Waals surface area contributed by atoms with Crippen molar-refractivity contribution >= 4 is 5.69 Å². The van der Waals surface area contributed by atoms with E-state index in [4.69, 9.17) is 4.74 Å². The van der Waals surface area contributed by atoms with Crippen LogP contribution in [0.15, 0.2) is 66.9 Å². The summed E-state index contributed by atoms with van der Waals surface area (Å²) in [6, 6.07) is 22.2. The first-order valence-corrected chi connectivity index (χ1v) is 11.1. The van der Waals surface area contributed by atoms with Crippen molar-refractivity contribution in [2.75, 3.05) is 31.6 Å². The highest BCUT2D eigenvalue weighted by atomic mass is 16.5. The van der Waals surface area contributed by atoms with E-state index in [1.54, 1.807) is 7.11 Å². The van der Waals surface area contributed by atoms with Crippen molar-refractivity contribution < 1.29 is 4.74 Å². The van der Waals surface area contributed by atoms with E-state index in [1.165, 1.54) is 22.5 Å². The van der Waals surface area contributed by atoms with Gasteiger partial charge < -0.3 is 14.2 Å². The molecule has 1 aliphatic heterocycles. The molecule has 0 radical (unpaired) electrons. The summed E-state index contributed by atoms with van der Waals surface area (Å²) >= 11 is 0. The van der Waals surface area contributed by atoms with Gasteiger partial charge in [-0.2, -0.15) is 0 Å². The fourth-order valence-corrected chi connectivity index (χ4v) is 4.69. The van der Waals surface area contributed by atoms with Crippen LogP contribution < -0.4 is 9.64 Å². The van der Waals surface area contributed by atoms with Gasteiger partial charge in [0.15, 0.2) is 0 Å². The van der Waals surface area contributed by atoms with E-state index in [0.717, 1.165) is 44.9 Å². The summed E-state index contributed by atoms with van der Waals surface area (Å²) in [5.41, 5.74) is 5.24. The van der Waals surface area contributed by atoms with E-state index in [2.05, 4.69) is 89.0 Å². The minimum atomic E-state index is 0.182. The summed E-state index contributed by atoms with van der Waals surface area (Å²) in [6.07, 6.45) is 3.35. The van der Waals surface area contributed by atoms with Gasteiger partial charge in [0, 0.05) is 55.9 Å². The van der Waals surface area contributed by atoms with E-state index < -0.39 is 0 Å². The maximum absolute atomic E-state index is 5.75. The lowest BCUT2D eigenvalue weighted by molar-refractivity contribution is 0.216. The molecule has 1 aliphatic rings. The summed E-state index contributed by atoms with van der Waals surface area (Å²) in [6.45, 7) is 9.53. The molecule has 0 aliphatic carbocycles. The third-order valence-corrected chi connectivity index (χ3v) is 6.24. The summed E-state index contributed by atoms with van der Waals surface area (Å²) < 4.78 is 8.16. The average Bonchev–Trinajstić information content (AvgIpc) is 3.17. The lowest BCUT2D eigenvalue weighted by Gasteiger charge is -2.31. The molecule has 30 heavy (non-hydrogen) atoms. The average molecular weight is 404 g/mol. The molecule has 4 rings (SSSR count). The number of benzene rings is 2. The molecule has 0 N–H and O–H groups in total. The number of aryl methyl sites for hydroxylation is 1. The summed E-state index contributed by atoms with van der Waals surface area (Å²) in [7, 11) is 1.77. The Bertz CT molecular complexity index is 943. The second-order valence-electron chi connectivity index (χ2n) is 7.93. The number of methoxy groups -OCH3 is 1. The number of anilines is 1. The highest BCUT2D eigenvalue weighted by Crippen LogP contribution is 2.37. The number of hydrogen-bond donors (Lipinski definition) is 0. The molecule has 0 amide bonds. The Morgan fingerprint density at radius 3 is 2.43 bits per heavy atom. The molecule has 1 atom stereocenters. The van der Waals surface area contributed by atoms with Crippen LogP contribution in [-0.4, -0.2) is 36.2 Å². The number of fused-ring (bicyclic) bond motifs is 1. The number of rotatable bonds is 7. The maximum atomic E-state index is 5.75. The molecule has 4 nitrogen and oxygen atoms in total. The quantitative estimate of drug-likeness (QED) is 0.531. The minimum Gasteiger partial charge on any atom is -0.496 e. The molecule has 4 heteroatoms. The molecule has 1 unspecified atom stereocenters. The summed E-state index contributed by atoms with van der Waals surface area (Å²) in [4.78, 5) is 4.99. The first-order valence-electron chi connectivity index (χ1n) is 11.1. The maximum Gasteiger partial charge on any atom is 0.124 e. The predicted octanol–water partition coefficient (Wildman–Crippen LogP) is 5.34. The topological polar surface area (TPSA) is 20.6 Å². The van der Waals surface area contributed by atoms with Gasteiger partial charge in [-0.1, -0.05) is 30.3 Å². The lowest BCUT2D eigenvalue weighted by Crippen LogP contribution is -2.30. The van der Waals surface area contributed by atoms with E-state index in [9.17, 15) is 0 Å². The van der Waals surface area contributed by atoms with Gasteiger partial charge in [-0.3, -0.25) is 4.90 Å². The SMILES string of the molecule is CCN(CC)c1ccc(CN2CCCn3cccc3C2c2ccccc2OC)cc1. The van der Waals surface area contributed by atoms with Crippen molar-refractivity contribution in [3.8, 4) is 5.75 Å². The Hall–Kier alpha value is -2.72. The molecule has 0 saturated carbocycles. The fraction of sp³-hybridized carbons (Fsp3) is 0.385. The van der Waals surface area contributed by atoms with Gasteiger partial charge in [0.1, 0.15) is 5.75 Å². The Morgan fingerprint density at radius 1 is 0.933 bits per heavy atom. The first kappa shape index (κ1) is 20.5. The molecule has 2 aromatic carbocycles. The summed E-state index contributed by atoms with van der Waals surface area (Å²) in [5, 5.41) is 0. The zero-order valence-corrected chi connectivity index (χ0v) is 18.4. The zero-order chi connectivity index (χ0) is 20.9. The highest BCUT2D eigenvalue weighted by molar-refractivity contribution is 5.47. The molecule has 1 aromatic heterocycles. The second kappa shape index (κ2) is 9.40. The molecular formula is C26H33N3O. The van der Waals surface area contributed by atoms with Crippen LogP contribution in [0.25, 0.3) is 0 Å². The highest BCUT2D eigenvalue weighted by Gasteiger charge is 2.29. The van der Waals surface area contributed by atoms with E-state index in [0.29, 0.717) is 0 Å². The summed E-state index contributed by atoms with van der Waals surface area (Å²) in [5.74, 6) is 0.957. The van der Waals surface area contributed by atoms with Crippen LogP contribution in [0, 0.1) is 0 Å². The molecular weight excluding hydrogens is 370 g/mol. The Kier molecular flexibility index (Phi) is 6.44. The molecule has 0 fully saturated rings. The Morgan fingerprint density at radius 2 is 1.70 bits per heavy atom. The molecule has 0 bridgehead atoms. The van der Waals surface area contributed by atoms with Crippen LogP contribution in [0.1, 0.15) is 43.1 Å². The lowest BCUT2D eigenvalue weighted by atomic mass is 10.00. The molecule has 0 spiro atoms. The second-order valence-corrected chi connectivity index (χ2v) is 7.93. The van der Waals surface area contributed by atoms with Gasteiger partial charge in [0.25, 0.3) is 0 Å². The van der Waals surface area contributed by atoms with Crippen molar-refractivity contribution in [2.45, 2.75) is 39.4 Å². The smallest absolute Gasteiger partial charge is 0.124 e. The van der Waals surface area contributed by atoms with Gasteiger partial charge in [0.2, 0.25) is 0 Å². The third kappa shape index (κ3) is 4.10. The first-order chi connectivity index (χ1) is 14.7. The van der Waals surface area contributed by atoms with Gasteiger partial charge >= 0.3 is 0 Å². The van der Waals surface area contributed by atoms with Crippen molar-refractivity contribution in [3.63, 3.8) is 0 Å². The van der Waals surface area contributed by atoms with Crippen LogP contribution >= 0.6 is 0 Å². The number of aromatic nitrogens is 1. The van der Waals surface area contributed by atoms with E-state index >= 15 is 0 Å². The van der Waals surface area contributed by atoms with Crippen LogP contribution in [0.2, 0.25) is 0 Å². The van der Waals surface area contributed by atoms with Gasteiger partial charge in [-0.25, -0.2) is 0 Å². The molecule has 158 valence electrons. The van der Waals surface area contributed by atoms with Crippen LogP contribution in [0.5, 0.6) is 5.75 Å². The van der Waals surface area contributed by atoms with Crippen molar-refractivity contribution in [1.82, 2.24) is 9.47 Å². The van der Waals surface area contributed by atoms with Crippen molar-refractivity contribution in [1.29, 1.82) is 0 Å². The molecule has 3 aromatic rings.